The van der Waals surface area contributed by atoms with Gasteiger partial charge in [0, 0.05) is 37.8 Å². The van der Waals surface area contributed by atoms with Gasteiger partial charge in [-0.05, 0) is 38.0 Å². The van der Waals surface area contributed by atoms with Crippen LogP contribution in [0.2, 0.25) is 0 Å². The summed E-state index contributed by atoms with van der Waals surface area (Å²) in [5.41, 5.74) is 0.222. The summed E-state index contributed by atoms with van der Waals surface area (Å²) in [6.45, 7) is 3.55. The van der Waals surface area contributed by atoms with Crippen molar-refractivity contribution in [3.63, 3.8) is 0 Å². The van der Waals surface area contributed by atoms with Gasteiger partial charge in [0.15, 0.2) is 17.4 Å². The van der Waals surface area contributed by atoms with Crippen molar-refractivity contribution >= 4 is 11.8 Å². The second kappa shape index (κ2) is 9.01. The molecule has 2 amide bonds. The number of nitrogens with one attached hydrogen (secondary N) is 2. The Kier molecular flexibility index (Phi) is 6.17. The molecule has 2 atom stereocenters. The number of H-pyrrole nitrogens is 1. The number of hydrogen-bond donors (Lipinski definition) is 2. The second-order valence-electron chi connectivity index (χ2n) is 7.95. The normalized spacial score (nSPS) is 21.8. The summed E-state index contributed by atoms with van der Waals surface area (Å²) in [6.07, 6.45) is 1.35. The molecule has 2 saturated heterocycles. The van der Waals surface area contributed by atoms with Crippen molar-refractivity contribution in [3.8, 4) is 5.75 Å². The molecule has 166 valence electrons. The van der Waals surface area contributed by atoms with E-state index in [-0.39, 0.29) is 41.0 Å². The minimum atomic E-state index is -0.599. The minimum absolute atomic E-state index is 0.0460. The number of rotatable bonds is 5. The average molecular weight is 431 g/mol. The van der Waals surface area contributed by atoms with E-state index in [0.29, 0.717) is 50.8 Å². The first-order valence-corrected chi connectivity index (χ1v) is 10.4. The number of halogens is 1. The number of ether oxygens (including phenoxy) is 2. The molecule has 2 N–H and O–H groups in total. The number of aryl methyl sites for hydroxylation is 1. The van der Waals surface area contributed by atoms with Crippen LogP contribution in [0.15, 0.2) is 18.2 Å². The fourth-order valence-electron chi connectivity index (χ4n) is 4.15. The molecular formula is C21H26FN5O4. The molecule has 0 spiro atoms. The van der Waals surface area contributed by atoms with E-state index >= 15 is 0 Å². The van der Waals surface area contributed by atoms with Crippen LogP contribution in [0.3, 0.4) is 0 Å². The third-order valence-corrected chi connectivity index (χ3v) is 5.87. The average Bonchev–Trinajstić information content (AvgIpc) is 3.39. The van der Waals surface area contributed by atoms with E-state index in [1.54, 1.807) is 11.8 Å². The van der Waals surface area contributed by atoms with E-state index in [4.69, 9.17) is 9.47 Å². The van der Waals surface area contributed by atoms with Gasteiger partial charge in [0.1, 0.15) is 5.82 Å². The largest absolute Gasteiger partial charge is 0.494 e. The maximum absolute atomic E-state index is 14.1. The van der Waals surface area contributed by atoms with Crippen LogP contribution in [0, 0.1) is 18.7 Å². The predicted octanol–water partition coefficient (Wildman–Crippen LogP) is 1.41. The van der Waals surface area contributed by atoms with E-state index in [1.807, 2.05) is 0 Å². The fourth-order valence-corrected chi connectivity index (χ4v) is 4.15. The Hall–Kier alpha value is -3.01. The van der Waals surface area contributed by atoms with Gasteiger partial charge in [-0.3, -0.25) is 14.7 Å². The number of nitrogens with zero attached hydrogens (tertiary/aromatic N) is 3. The predicted molar refractivity (Wildman–Crippen MR) is 108 cm³/mol. The Labute approximate surface area is 179 Å². The van der Waals surface area contributed by atoms with E-state index < -0.39 is 5.82 Å². The topological polar surface area (TPSA) is 109 Å². The van der Waals surface area contributed by atoms with Gasteiger partial charge in [-0.1, -0.05) is 0 Å². The first-order valence-electron chi connectivity index (χ1n) is 10.4. The van der Waals surface area contributed by atoms with Crippen molar-refractivity contribution in [1.82, 2.24) is 25.4 Å². The molecule has 2 fully saturated rings. The van der Waals surface area contributed by atoms with Gasteiger partial charge < -0.3 is 19.7 Å². The van der Waals surface area contributed by atoms with Crippen LogP contribution in [0.4, 0.5) is 4.39 Å². The molecule has 2 aliphatic heterocycles. The molecule has 0 radical (unpaired) electrons. The molecule has 1 aromatic carbocycles. The molecule has 9 nitrogen and oxygen atoms in total. The molecule has 10 heteroatoms. The summed E-state index contributed by atoms with van der Waals surface area (Å²) < 4.78 is 24.4. The van der Waals surface area contributed by atoms with E-state index in [0.717, 1.165) is 0 Å². The van der Waals surface area contributed by atoms with Crippen LogP contribution < -0.4 is 10.1 Å². The van der Waals surface area contributed by atoms with Crippen LogP contribution in [0.25, 0.3) is 0 Å². The van der Waals surface area contributed by atoms with Gasteiger partial charge in [0.05, 0.1) is 19.1 Å². The Morgan fingerprint density at radius 2 is 2.06 bits per heavy atom. The molecule has 3 heterocycles. The lowest BCUT2D eigenvalue weighted by molar-refractivity contribution is -0.128. The number of carbonyl (C=O) groups excluding carboxylic acids is 2. The standard InChI is InChI=1S/C21H26FN5O4/c1-12-23-19(26-25-12)15-10-27(21(29)14-3-4-18(30-2)16(22)9-14)11-17(15)24-20(28)13-5-7-31-8-6-13/h3-4,9,13,15,17H,5-8,10-11H2,1-2H3,(H,24,28)(H,23,25,26)/t15-,17-/m1/s1. The molecule has 0 saturated carbocycles. The highest BCUT2D eigenvalue weighted by atomic mass is 19.1. The maximum Gasteiger partial charge on any atom is 0.254 e. The summed E-state index contributed by atoms with van der Waals surface area (Å²) in [7, 11) is 1.37. The fraction of sp³-hybridized carbons (Fsp3) is 0.524. The third kappa shape index (κ3) is 4.53. The second-order valence-corrected chi connectivity index (χ2v) is 7.95. The van der Waals surface area contributed by atoms with Gasteiger partial charge in [-0.25, -0.2) is 9.37 Å². The van der Waals surface area contributed by atoms with E-state index in [1.165, 1.54) is 25.3 Å². The lowest BCUT2D eigenvalue weighted by Gasteiger charge is -2.24. The Balaban J connectivity index is 1.53. The van der Waals surface area contributed by atoms with Crippen molar-refractivity contribution in [2.75, 3.05) is 33.4 Å². The summed E-state index contributed by atoms with van der Waals surface area (Å²) in [4.78, 5) is 31.9. The zero-order valence-electron chi connectivity index (χ0n) is 17.6. The molecule has 2 aliphatic rings. The quantitative estimate of drug-likeness (QED) is 0.741. The molecule has 2 aromatic rings. The molecule has 0 bridgehead atoms. The summed E-state index contributed by atoms with van der Waals surface area (Å²) >= 11 is 0. The Morgan fingerprint density at radius 3 is 2.71 bits per heavy atom. The summed E-state index contributed by atoms with van der Waals surface area (Å²) in [6, 6.07) is 3.79. The SMILES string of the molecule is COc1ccc(C(=O)N2C[C@@H](NC(=O)C3CCOCC3)[C@H](c3n[nH]c(C)n3)C2)cc1F. The first-order chi connectivity index (χ1) is 15.0. The number of aromatic amines is 1. The molecule has 1 aromatic heterocycles. The number of benzene rings is 1. The first kappa shape index (κ1) is 21.2. The van der Waals surface area contributed by atoms with Gasteiger partial charge in [-0.15, -0.1) is 0 Å². The Morgan fingerprint density at radius 1 is 1.29 bits per heavy atom. The smallest absolute Gasteiger partial charge is 0.254 e. The van der Waals surface area contributed by atoms with Gasteiger partial charge >= 0.3 is 0 Å². The van der Waals surface area contributed by atoms with Crippen LogP contribution in [0.5, 0.6) is 5.75 Å². The lowest BCUT2D eigenvalue weighted by Crippen LogP contribution is -2.44. The van der Waals surface area contributed by atoms with E-state index in [9.17, 15) is 14.0 Å². The van der Waals surface area contributed by atoms with Crippen molar-refractivity contribution in [3.05, 3.63) is 41.2 Å². The zero-order chi connectivity index (χ0) is 22.0. The molecule has 31 heavy (non-hydrogen) atoms. The van der Waals surface area contributed by atoms with Gasteiger partial charge in [0.2, 0.25) is 5.91 Å². The Bertz CT molecular complexity index is 959. The minimum Gasteiger partial charge on any atom is -0.494 e. The monoisotopic (exact) mass is 431 g/mol. The number of aromatic nitrogens is 3. The zero-order valence-corrected chi connectivity index (χ0v) is 17.6. The van der Waals surface area contributed by atoms with Gasteiger partial charge in [0.25, 0.3) is 5.91 Å². The van der Waals surface area contributed by atoms with Gasteiger partial charge in [-0.2, -0.15) is 5.10 Å². The highest BCUT2D eigenvalue weighted by Gasteiger charge is 2.40. The van der Waals surface area contributed by atoms with Crippen LogP contribution in [0.1, 0.15) is 40.8 Å². The summed E-state index contributed by atoms with van der Waals surface area (Å²) in [5.74, 6) is -0.0503. The number of carbonyl (C=O) groups is 2. The van der Waals surface area contributed by atoms with Crippen molar-refractivity contribution < 1.29 is 23.5 Å². The van der Waals surface area contributed by atoms with Crippen molar-refractivity contribution in [1.29, 1.82) is 0 Å². The highest BCUT2D eigenvalue weighted by molar-refractivity contribution is 5.94. The number of methoxy groups -OCH3 is 1. The summed E-state index contributed by atoms with van der Waals surface area (Å²) in [5, 5.41) is 10.2. The number of hydrogen-bond acceptors (Lipinski definition) is 6. The van der Waals surface area contributed by atoms with Crippen LogP contribution in [-0.2, 0) is 9.53 Å². The van der Waals surface area contributed by atoms with Crippen LogP contribution in [-0.4, -0.2) is 71.4 Å². The van der Waals surface area contributed by atoms with E-state index in [2.05, 4.69) is 20.5 Å². The van der Waals surface area contributed by atoms with Crippen molar-refractivity contribution in [2.45, 2.75) is 31.7 Å². The number of amides is 2. The molecule has 0 aliphatic carbocycles. The molecule has 4 rings (SSSR count). The molecular weight excluding hydrogens is 405 g/mol. The molecule has 0 unspecified atom stereocenters. The number of likely N-dealkylation sites (tertiary alicyclic amines) is 1. The highest BCUT2D eigenvalue weighted by Crippen LogP contribution is 2.28. The van der Waals surface area contributed by atoms with Crippen molar-refractivity contribution in [2.24, 2.45) is 5.92 Å². The van der Waals surface area contributed by atoms with Crippen LogP contribution >= 0.6 is 0 Å². The maximum atomic E-state index is 14.1. The lowest BCUT2D eigenvalue weighted by atomic mass is 9.97. The third-order valence-electron chi connectivity index (χ3n) is 5.87.